The predicted molar refractivity (Wildman–Crippen MR) is 50.4 cm³/mol. The van der Waals surface area contributed by atoms with Crippen molar-refractivity contribution >= 4 is 5.84 Å². The highest BCUT2D eigenvalue weighted by molar-refractivity contribution is 5.79. The van der Waals surface area contributed by atoms with E-state index in [0.29, 0.717) is 0 Å². The minimum Gasteiger partial charge on any atom is -0.387 e. The first-order chi connectivity index (χ1) is 5.72. The fraction of sp³-hybridized carbons (Fsp3) is 0.889. The van der Waals surface area contributed by atoms with Crippen molar-refractivity contribution in [2.45, 2.75) is 38.2 Å². The highest BCUT2D eigenvalue weighted by Gasteiger charge is 2.36. The first-order valence-electron chi connectivity index (χ1n) is 4.56. The molecule has 0 heterocycles. The number of amidine groups is 1. The fourth-order valence-corrected chi connectivity index (χ4v) is 1.36. The summed E-state index contributed by atoms with van der Waals surface area (Å²) in [5.74, 6) is 0.735. The summed E-state index contributed by atoms with van der Waals surface area (Å²) >= 11 is 0. The van der Waals surface area contributed by atoms with Crippen LogP contribution in [0.5, 0.6) is 0 Å². The third-order valence-electron chi connectivity index (χ3n) is 2.63. The fourth-order valence-electron chi connectivity index (χ4n) is 1.36. The largest absolute Gasteiger partial charge is 0.387 e. The van der Waals surface area contributed by atoms with Crippen LogP contribution in [0.15, 0.2) is 4.99 Å². The monoisotopic (exact) mass is 170 g/mol. The normalized spacial score (nSPS) is 22.0. The van der Waals surface area contributed by atoms with Crippen LogP contribution >= 0.6 is 0 Å². The molecule has 2 N–H and O–H groups in total. The zero-order valence-electron chi connectivity index (χ0n) is 7.97. The molecule has 1 aliphatic rings. The van der Waals surface area contributed by atoms with Gasteiger partial charge in [0.25, 0.3) is 0 Å². The van der Waals surface area contributed by atoms with Crippen LogP contribution in [-0.4, -0.2) is 25.1 Å². The molecule has 0 aromatic carbocycles. The lowest BCUT2D eigenvalue weighted by Crippen LogP contribution is -2.42. The zero-order valence-corrected chi connectivity index (χ0v) is 7.97. The molecule has 12 heavy (non-hydrogen) atoms. The Labute approximate surface area is 74.0 Å². The van der Waals surface area contributed by atoms with E-state index in [9.17, 15) is 0 Å². The van der Waals surface area contributed by atoms with Crippen LogP contribution in [-0.2, 0) is 4.74 Å². The number of ether oxygens (including phenoxy) is 1. The van der Waals surface area contributed by atoms with Gasteiger partial charge in [-0.3, -0.25) is 4.99 Å². The number of nitrogens with two attached hydrogens (primary N) is 1. The first kappa shape index (κ1) is 9.52. The maximum Gasteiger partial charge on any atom is 0.0935 e. The summed E-state index contributed by atoms with van der Waals surface area (Å²) in [4.78, 5) is 4.28. The molecule has 0 amide bonds. The smallest absolute Gasteiger partial charge is 0.0935 e. The van der Waals surface area contributed by atoms with Gasteiger partial charge < -0.3 is 10.5 Å². The molecule has 0 saturated heterocycles. The van der Waals surface area contributed by atoms with Crippen molar-refractivity contribution in [3.8, 4) is 0 Å². The minimum atomic E-state index is 0.0276. The van der Waals surface area contributed by atoms with Gasteiger partial charge in [0.1, 0.15) is 0 Å². The van der Waals surface area contributed by atoms with Gasteiger partial charge >= 0.3 is 0 Å². The topological polar surface area (TPSA) is 47.6 Å². The van der Waals surface area contributed by atoms with Gasteiger partial charge in [0.15, 0.2) is 0 Å². The summed E-state index contributed by atoms with van der Waals surface area (Å²) in [6.07, 6.45) is 4.35. The molecule has 1 rings (SSSR count). The molecule has 0 radical (unpaired) electrons. The van der Waals surface area contributed by atoms with E-state index in [1.54, 1.807) is 7.11 Å². The third-order valence-corrected chi connectivity index (χ3v) is 2.63. The molecule has 0 unspecified atom stereocenters. The summed E-state index contributed by atoms with van der Waals surface area (Å²) in [7, 11) is 1.76. The van der Waals surface area contributed by atoms with E-state index in [2.05, 4.69) is 4.99 Å². The molecule has 1 fully saturated rings. The van der Waals surface area contributed by atoms with Gasteiger partial charge in [0, 0.05) is 13.5 Å². The van der Waals surface area contributed by atoms with E-state index in [-0.39, 0.29) is 5.60 Å². The lowest BCUT2D eigenvalue weighted by molar-refractivity contribution is -0.0629. The molecule has 0 bridgehead atoms. The van der Waals surface area contributed by atoms with Crippen LogP contribution in [0.2, 0.25) is 0 Å². The van der Waals surface area contributed by atoms with E-state index in [1.807, 2.05) is 6.92 Å². The second-order valence-corrected chi connectivity index (χ2v) is 3.40. The van der Waals surface area contributed by atoms with Gasteiger partial charge in [-0.2, -0.15) is 0 Å². The number of hydrogen-bond donors (Lipinski definition) is 1. The van der Waals surface area contributed by atoms with E-state index in [4.69, 9.17) is 10.5 Å². The second-order valence-electron chi connectivity index (χ2n) is 3.40. The van der Waals surface area contributed by atoms with Crippen molar-refractivity contribution in [3.63, 3.8) is 0 Å². The minimum absolute atomic E-state index is 0.0276. The first-order valence-corrected chi connectivity index (χ1v) is 4.56. The van der Waals surface area contributed by atoms with Gasteiger partial charge in [-0.05, 0) is 19.3 Å². The Morgan fingerprint density at radius 1 is 1.58 bits per heavy atom. The maximum absolute atomic E-state index is 5.61. The van der Waals surface area contributed by atoms with Crippen molar-refractivity contribution < 1.29 is 4.74 Å². The molecule has 0 aliphatic heterocycles. The number of methoxy groups -OCH3 is 1. The molecular formula is C9H18N2O. The number of nitrogens with zero attached hydrogens (tertiary/aromatic N) is 1. The molecule has 1 aliphatic carbocycles. The van der Waals surface area contributed by atoms with Crippen LogP contribution in [0.25, 0.3) is 0 Å². The molecule has 1 saturated carbocycles. The van der Waals surface area contributed by atoms with Gasteiger partial charge in [0.05, 0.1) is 18.0 Å². The Bertz CT molecular complexity index is 168. The Morgan fingerprint density at radius 2 is 2.25 bits per heavy atom. The highest BCUT2D eigenvalue weighted by atomic mass is 16.5. The Hall–Kier alpha value is -0.570. The molecule has 0 aromatic heterocycles. The summed E-state index contributed by atoms with van der Waals surface area (Å²) in [5, 5.41) is 0. The lowest BCUT2D eigenvalue weighted by Gasteiger charge is -2.39. The predicted octanol–water partition coefficient (Wildman–Crippen LogP) is 1.32. The van der Waals surface area contributed by atoms with Crippen LogP contribution in [0.1, 0.15) is 32.6 Å². The molecular weight excluding hydrogens is 152 g/mol. The summed E-state index contributed by atoms with van der Waals surface area (Å²) in [6, 6.07) is 0. The third kappa shape index (κ3) is 1.97. The van der Waals surface area contributed by atoms with E-state index in [1.165, 1.54) is 6.42 Å². The van der Waals surface area contributed by atoms with Crippen molar-refractivity contribution in [2.24, 2.45) is 10.7 Å². The van der Waals surface area contributed by atoms with E-state index < -0.39 is 0 Å². The molecule has 3 nitrogen and oxygen atoms in total. The standard InChI is InChI=1S/C9H18N2O/c1-3-8(10)11-7-9(12-2)5-4-6-9/h3-7H2,1-2H3,(H2,10,11). The van der Waals surface area contributed by atoms with Gasteiger partial charge in [-0.25, -0.2) is 0 Å². The SMILES string of the molecule is CCC(N)=NCC1(OC)CCC1. The summed E-state index contributed by atoms with van der Waals surface area (Å²) in [5.41, 5.74) is 5.64. The van der Waals surface area contributed by atoms with Crippen LogP contribution in [0.3, 0.4) is 0 Å². The van der Waals surface area contributed by atoms with Crippen molar-refractivity contribution in [1.82, 2.24) is 0 Å². The van der Waals surface area contributed by atoms with Crippen molar-refractivity contribution in [1.29, 1.82) is 0 Å². The molecule has 70 valence electrons. The Morgan fingerprint density at radius 3 is 2.58 bits per heavy atom. The van der Waals surface area contributed by atoms with Gasteiger partial charge in [-0.15, -0.1) is 0 Å². The Balaban J connectivity index is 2.38. The van der Waals surface area contributed by atoms with E-state index in [0.717, 1.165) is 31.6 Å². The number of aliphatic imine (C=N–C) groups is 1. The zero-order chi connectivity index (χ0) is 9.03. The molecule has 3 heteroatoms. The van der Waals surface area contributed by atoms with Crippen LogP contribution in [0, 0.1) is 0 Å². The highest BCUT2D eigenvalue weighted by Crippen LogP contribution is 2.35. The Kier molecular flexibility index (Phi) is 3.09. The lowest BCUT2D eigenvalue weighted by atomic mass is 9.80. The van der Waals surface area contributed by atoms with Crippen molar-refractivity contribution in [2.75, 3.05) is 13.7 Å². The van der Waals surface area contributed by atoms with E-state index >= 15 is 0 Å². The average Bonchev–Trinajstić information content (AvgIpc) is 2.03. The summed E-state index contributed by atoms with van der Waals surface area (Å²) in [6.45, 7) is 2.75. The number of hydrogen-bond acceptors (Lipinski definition) is 2. The van der Waals surface area contributed by atoms with Crippen LogP contribution in [0.4, 0.5) is 0 Å². The quantitative estimate of drug-likeness (QED) is 0.511. The average molecular weight is 170 g/mol. The molecule has 0 spiro atoms. The second kappa shape index (κ2) is 3.90. The molecule has 0 atom stereocenters. The van der Waals surface area contributed by atoms with Crippen LogP contribution < -0.4 is 5.73 Å². The van der Waals surface area contributed by atoms with Gasteiger partial charge in [0.2, 0.25) is 0 Å². The maximum atomic E-state index is 5.61. The van der Waals surface area contributed by atoms with Gasteiger partial charge in [-0.1, -0.05) is 6.92 Å². The molecule has 0 aromatic rings. The van der Waals surface area contributed by atoms with Crippen molar-refractivity contribution in [3.05, 3.63) is 0 Å². The summed E-state index contributed by atoms with van der Waals surface area (Å²) < 4.78 is 5.41. The number of rotatable bonds is 4.